The van der Waals surface area contributed by atoms with Crippen molar-refractivity contribution >= 4 is 34.6 Å². The minimum Gasteiger partial charge on any atom is -0.398 e. The summed E-state index contributed by atoms with van der Waals surface area (Å²) >= 11 is 11.6. The molecule has 2 heterocycles. The van der Waals surface area contributed by atoms with Crippen LogP contribution in [0.1, 0.15) is 23.1 Å². The number of hydrogen-bond acceptors (Lipinski definition) is 4. The summed E-state index contributed by atoms with van der Waals surface area (Å²) in [5, 5.41) is 8.83. The molecule has 9 heteroatoms. The molecule has 0 aliphatic carbocycles. The predicted octanol–water partition coefficient (Wildman–Crippen LogP) is 4.54. The molecule has 1 aliphatic heterocycles. The van der Waals surface area contributed by atoms with Gasteiger partial charge in [-0.05, 0) is 35.4 Å². The number of pyridine rings is 1. The fourth-order valence-electron chi connectivity index (χ4n) is 2.94. The number of anilines is 1. The van der Waals surface area contributed by atoms with Gasteiger partial charge in [0.1, 0.15) is 21.8 Å². The highest BCUT2D eigenvalue weighted by molar-refractivity contribution is 6.32. The highest BCUT2D eigenvalue weighted by Crippen LogP contribution is 2.48. The van der Waals surface area contributed by atoms with Crippen LogP contribution in [0.2, 0.25) is 10.3 Å². The fraction of sp³-hybridized carbons (Fsp3) is 0.235. The molecule has 0 radical (unpaired) electrons. The number of alkyl halides is 3. The van der Waals surface area contributed by atoms with E-state index in [0.29, 0.717) is 5.56 Å². The van der Waals surface area contributed by atoms with Gasteiger partial charge in [-0.2, -0.15) is 18.4 Å². The molecular formula is C17H11Cl2F3N4. The molecule has 0 saturated heterocycles. The molecule has 0 bridgehead atoms. The molecule has 1 aromatic heterocycles. The van der Waals surface area contributed by atoms with Gasteiger partial charge in [0.05, 0.1) is 12.1 Å². The Labute approximate surface area is 157 Å². The van der Waals surface area contributed by atoms with E-state index in [-0.39, 0.29) is 32.8 Å². The number of benzene rings is 1. The van der Waals surface area contributed by atoms with Crippen LogP contribution in [0, 0.1) is 11.3 Å². The SMILES string of the molecule is N#Cc1cc(C2=NCC(c3cc(Cl)nc(Cl)c3)(C(F)(F)F)C2)ccc1N. The standard InChI is InChI=1S/C17H11Cl2F3N4/c18-14-4-11(5-15(19)26-14)16(17(20,21)22)6-13(25-8-16)9-1-2-12(24)10(3-9)7-23/h1-5H,6,8,24H2. The third-order valence-corrected chi connectivity index (χ3v) is 4.76. The molecule has 0 saturated carbocycles. The molecule has 26 heavy (non-hydrogen) atoms. The van der Waals surface area contributed by atoms with E-state index in [2.05, 4.69) is 9.98 Å². The number of halogens is 5. The van der Waals surface area contributed by atoms with Gasteiger partial charge < -0.3 is 5.73 Å². The van der Waals surface area contributed by atoms with E-state index in [0.717, 1.165) is 12.1 Å². The Morgan fingerprint density at radius 1 is 1.15 bits per heavy atom. The quantitative estimate of drug-likeness (QED) is 0.596. The van der Waals surface area contributed by atoms with Crippen LogP contribution in [-0.2, 0) is 5.41 Å². The van der Waals surface area contributed by atoms with Gasteiger partial charge in [-0.3, -0.25) is 4.99 Å². The zero-order chi connectivity index (χ0) is 19.1. The summed E-state index contributed by atoms with van der Waals surface area (Å²) in [4.78, 5) is 7.81. The van der Waals surface area contributed by atoms with E-state index < -0.39 is 24.6 Å². The van der Waals surface area contributed by atoms with Crippen molar-refractivity contribution < 1.29 is 13.2 Å². The first-order valence-electron chi connectivity index (χ1n) is 7.40. The summed E-state index contributed by atoms with van der Waals surface area (Å²) in [6.07, 6.45) is -4.99. The van der Waals surface area contributed by atoms with Crippen molar-refractivity contribution in [1.82, 2.24) is 4.98 Å². The number of hydrogen-bond donors (Lipinski definition) is 1. The molecule has 0 spiro atoms. The maximum atomic E-state index is 14.0. The third-order valence-electron chi connectivity index (χ3n) is 4.37. The summed E-state index contributed by atoms with van der Waals surface area (Å²) in [5.41, 5.74) is 4.42. The molecular weight excluding hydrogens is 388 g/mol. The van der Waals surface area contributed by atoms with Gasteiger partial charge in [-0.25, -0.2) is 4.98 Å². The van der Waals surface area contributed by atoms with Gasteiger partial charge in [-0.15, -0.1) is 0 Å². The molecule has 134 valence electrons. The molecule has 1 atom stereocenters. The second-order valence-corrected chi connectivity index (χ2v) is 6.71. The second kappa shape index (κ2) is 6.45. The van der Waals surface area contributed by atoms with Crippen molar-refractivity contribution in [2.24, 2.45) is 4.99 Å². The maximum absolute atomic E-state index is 14.0. The second-order valence-electron chi connectivity index (χ2n) is 5.93. The van der Waals surface area contributed by atoms with Crippen molar-refractivity contribution in [1.29, 1.82) is 5.26 Å². The average molecular weight is 399 g/mol. The van der Waals surface area contributed by atoms with Crippen LogP contribution in [0.5, 0.6) is 0 Å². The molecule has 1 aromatic carbocycles. The van der Waals surface area contributed by atoms with Crippen molar-refractivity contribution in [3.63, 3.8) is 0 Å². The number of nitrogens with two attached hydrogens (primary N) is 1. The number of aromatic nitrogens is 1. The maximum Gasteiger partial charge on any atom is 0.400 e. The normalized spacial score (nSPS) is 19.9. The number of aliphatic imine (C=N–C) groups is 1. The van der Waals surface area contributed by atoms with Gasteiger partial charge in [0.25, 0.3) is 0 Å². The molecule has 1 unspecified atom stereocenters. The number of nitrogens with zero attached hydrogens (tertiary/aromatic N) is 3. The number of nitriles is 1. The van der Waals surface area contributed by atoms with Gasteiger partial charge >= 0.3 is 6.18 Å². The lowest BCUT2D eigenvalue weighted by atomic mass is 9.77. The summed E-state index contributed by atoms with van der Waals surface area (Å²) in [7, 11) is 0. The Hall–Kier alpha value is -2.30. The highest BCUT2D eigenvalue weighted by atomic mass is 35.5. The topological polar surface area (TPSA) is 75.1 Å². The summed E-state index contributed by atoms with van der Waals surface area (Å²) < 4.78 is 42.0. The zero-order valence-electron chi connectivity index (χ0n) is 13.1. The van der Waals surface area contributed by atoms with E-state index in [1.54, 1.807) is 6.07 Å². The van der Waals surface area contributed by atoms with Crippen molar-refractivity contribution in [3.05, 3.63) is 57.3 Å². The van der Waals surface area contributed by atoms with Crippen LogP contribution in [0.25, 0.3) is 0 Å². The molecule has 1 aliphatic rings. The van der Waals surface area contributed by atoms with Crippen LogP contribution in [0.15, 0.2) is 35.3 Å². The minimum absolute atomic E-state index is 0.0929. The van der Waals surface area contributed by atoms with Crippen molar-refractivity contribution in [2.45, 2.75) is 18.0 Å². The van der Waals surface area contributed by atoms with Gasteiger partial charge in [0, 0.05) is 17.8 Å². The molecule has 2 N–H and O–H groups in total. The average Bonchev–Trinajstić information content (AvgIpc) is 3.01. The Balaban J connectivity index is 2.05. The summed E-state index contributed by atoms with van der Waals surface area (Å²) in [6, 6.07) is 8.69. The smallest absolute Gasteiger partial charge is 0.398 e. The van der Waals surface area contributed by atoms with Gasteiger partial charge in [0.2, 0.25) is 0 Å². The molecule has 2 aromatic rings. The summed E-state index contributed by atoms with van der Waals surface area (Å²) in [6.45, 7) is -0.505. The lowest BCUT2D eigenvalue weighted by Crippen LogP contribution is -2.43. The predicted molar refractivity (Wildman–Crippen MR) is 93.6 cm³/mol. The zero-order valence-corrected chi connectivity index (χ0v) is 14.6. The number of rotatable bonds is 2. The third kappa shape index (κ3) is 3.11. The Morgan fingerprint density at radius 3 is 2.38 bits per heavy atom. The van der Waals surface area contributed by atoms with Crippen molar-refractivity contribution in [3.8, 4) is 6.07 Å². The van der Waals surface area contributed by atoms with Crippen LogP contribution >= 0.6 is 23.2 Å². The van der Waals surface area contributed by atoms with Gasteiger partial charge in [0.15, 0.2) is 0 Å². The molecule has 0 amide bonds. The van der Waals surface area contributed by atoms with Gasteiger partial charge in [-0.1, -0.05) is 29.3 Å². The van der Waals surface area contributed by atoms with E-state index in [1.165, 1.54) is 12.1 Å². The Morgan fingerprint density at radius 2 is 1.81 bits per heavy atom. The van der Waals surface area contributed by atoms with E-state index in [4.69, 9.17) is 34.2 Å². The molecule has 3 rings (SSSR count). The van der Waals surface area contributed by atoms with Crippen LogP contribution in [0.3, 0.4) is 0 Å². The first-order chi connectivity index (χ1) is 12.2. The Bertz CT molecular complexity index is 930. The first-order valence-corrected chi connectivity index (χ1v) is 8.15. The fourth-order valence-corrected chi connectivity index (χ4v) is 3.40. The number of nitrogen functional groups attached to an aromatic ring is 1. The largest absolute Gasteiger partial charge is 0.400 e. The van der Waals surface area contributed by atoms with Crippen LogP contribution in [0.4, 0.5) is 18.9 Å². The lowest BCUT2D eigenvalue weighted by Gasteiger charge is -2.31. The van der Waals surface area contributed by atoms with E-state index >= 15 is 0 Å². The van der Waals surface area contributed by atoms with Crippen LogP contribution in [-0.4, -0.2) is 23.4 Å². The molecule has 0 fully saturated rings. The lowest BCUT2D eigenvalue weighted by molar-refractivity contribution is -0.183. The van der Waals surface area contributed by atoms with E-state index in [1.807, 2.05) is 6.07 Å². The molecule has 4 nitrogen and oxygen atoms in total. The van der Waals surface area contributed by atoms with Crippen LogP contribution < -0.4 is 5.73 Å². The first kappa shape index (κ1) is 18.5. The minimum atomic E-state index is -4.59. The highest BCUT2D eigenvalue weighted by Gasteiger charge is 2.58. The summed E-state index contributed by atoms with van der Waals surface area (Å²) in [5.74, 6) is 0. The van der Waals surface area contributed by atoms with Crippen molar-refractivity contribution in [2.75, 3.05) is 12.3 Å². The Kier molecular flexibility index (Phi) is 4.59. The monoisotopic (exact) mass is 398 g/mol. The van der Waals surface area contributed by atoms with E-state index in [9.17, 15) is 13.2 Å².